The zero-order valence-electron chi connectivity index (χ0n) is 14.6. The lowest BCUT2D eigenvalue weighted by Gasteiger charge is -2.07. The van der Waals surface area contributed by atoms with E-state index in [1.165, 1.54) is 0 Å². The van der Waals surface area contributed by atoms with Gasteiger partial charge in [0.25, 0.3) is 5.91 Å². The molecule has 0 spiro atoms. The van der Waals surface area contributed by atoms with Crippen molar-refractivity contribution in [1.29, 1.82) is 5.26 Å². The minimum Gasteiger partial charge on any atom is -0.461 e. The Bertz CT molecular complexity index is 1090. The number of halogens is 2. The van der Waals surface area contributed by atoms with Crippen LogP contribution in [0.4, 0.5) is 8.78 Å². The molecule has 1 aromatic carbocycles. The number of carbonyl (C=O) groups is 2. The molecule has 0 saturated heterocycles. The largest absolute Gasteiger partial charge is 0.461 e. The lowest BCUT2D eigenvalue weighted by Crippen LogP contribution is -2.27. The summed E-state index contributed by atoms with van der Waals surface area (Å²) in [5.74, 6) is -3.10. The molecule has 0 aliphatic carbocycles. The van der Waals surface area contributed by atoms with Gasteiger partial charge < -0.3 is 14.5 Å². The lowest BCUT2D eigenvalue weighted by atomic mass is 10.2. The first-order valence-corrected chi connectivity index (χ1v) is 8.37. The molecular formula is C20H15F2N3O3. The van der Waals surface area contributed by atoms with Gasteiger partial charge in [-0.3, -0.25) is 9.59 Å². The van der Waals surface area contributed by atoms with Crippen LogP contribution in [0, 0.1) is 23.0 Å². The van der Waals surface area contributed by atoms with Gasteiger partial charge in [0.1, 0.15) is 24.3 Å². The summed E-state index contributed by atoms with van der Waals surface area (Å²) in [6, 6.07) is 10.1. The van der Waals surface area contributed by atoms with Crippen LogP contribution in [0.25, 0.3) is 5.52 Å². The van der Waals surface area contributed by atoms with Crippen LogP contribution in [0.3, 0.4) is 0 Å². The van der Waals surface area contributed by atoms with Gasteiger partial charge in [-0.25, -0.2) is 8.78 Å². The number of fused-ring (bicyclic) bond motifs is 1. The molecule has 2 aromatic heterocycles. The van der Waals surface area contributed by atoms with E-state index in [-0.39, 0.29) is 25.1 Å². The Morgan fingerprint density at radius 2 is 2.04 bits per heavy atom. The van der Waals surface area contributed by atoms with Crippen molar-refractivity contribution in [2.45, 2.75) is 13.0 Å². The molecule has 0 radical (unpaired) electrons. The Labute approximate surface area is 159 Å². The lowest BCUT2D eigenvalue weighted by molar-refractivity contribution is -0.144. The zero-order chi connectivity index (χ0) is 20.1. The quantitative estimate of drug-likeness (QED) is 0.664. The SMILES string of the molecule is N#Cc1c(COC(=O)CCNC(=O)c2ccc(F)cc2F)cn2ccccc12. The number of ether oxygens (including phenoxy) is 1. The summed E-state index contributed by atoms with van der Waals surface area (Å²) < 4.78 is 33.3. The molecule has 28 heavy (non-hydrogen) atoms. The first kappa shape index (κ1) is 19.0. The molecule has 3 aromatic rings. The number of nitriles is 1. The topological polar surface area (TPSA) is 83.6 Å². The van der Waals surface area contributed by atoms with Crippen molar-refractivity contribution in [2.24, 2.45) is 0 Å². The highest BCUT2D eigenvalue weighted by molar-refractivity contribution is 5.94. The van der Waals surface area contributed by atoms with Gasteiger partial charge in [-0.15, -0.1) is 0 Å². The predicted molar refractivity (Wildman–Crippen MR) is 95.2 cm³/mol. The molecule has 0 bridgehead atoms. The number of carbonyl (C=O) groups excluding carboxylic acids is 2. The fourth-order valence-electron chi connectivity index (χ4n) is 2.69. The van der Waals surface area contributed by atoms with E-state index in [1.54, 1.807) is 28.9 Å². The highest BCUT2D eigenvalue weighted by Crippen LogP contribution is 2.18. The van der Waals surface area contributed by atoms with Crippen molar-refractivity contribution in [3.05, 3.63) is 77.1 Å². The van der Waals surface area contributed by atoms with Crippen molar-refractivity contribution >= 4 is 17.4 Å². The summed E-state index contributed by atoms with van der Waals surface area (Å²) in [6.45, 7) is -0.152. The average Bonchev–Trinajstić information content (AvgIpc) is 3.03. The number of esters is 1. The van der Waals surface area contributed by atoms with Crippen LogP contribution >= 0.6 is 0 Å². The molecule has 0 aliphatic rings. The number of pyridine rings is 1. The zero-order valence-corrected chi connectivity index (χ0v) is 14.6. The smallest absolute Gasteiger partial charge is 0.307 e. The molecule has 3 rings (SSSR count). The van der Waals surface area contributed by atoms with Gasteiger partial charge in [0.15, 0.2) is 0 Å². The number of nitrogens with one attached hydrogen (secondary N) is 1. The monoisotopic (exact) mass is 383 g/mol. The van der Waals surface area contributed by atoms with Crippen LogP contribution in [0.15, 0.2) is 48.8 Å². The second-order valence-electron chi connectivity index (χ2n) is 5.93. The first-order chi connectivity index (χ1) is 13.5. The van der Waals surface area contributed by atoms with Crippen molar-refractivity contribution < 1.29 is 23.1 Å². The van der Waals surface area contributed by atoms with Crippen molar-refractivity contribution in [3.63, 3.8) is 0 Å². The fraction of sp³-hybridized carbons (Fsp3) is 0.150. The summed E-state index contributed by atoms with van der Waals surface area (Å²) >= 11 is 0. The Kier molecular flexibility index (Phi) is 5.65. The highest BCUT2D eigenvalue weighted by atomic mass is 19.1. The van der Waals surface area contributed by atoms with Gasteiger partial charge in [-0.1, -0.05) is 6.07 Å². The molecule has 0 fully saturated rings. The highest BCUT2D eigenvalue weighted by Gasteiger charge is 2.14. The van der Waals surface area contributed by atoms with Crippen molar-refractivity contribution in [2.75, 3.05) is 6.54 Å². The fourth-order valence-corrected chi connectivity index (χ4v) is 2.69. The van der Waals surface area contributed by atoms with E-state index in [2.05, 4.69) is 11.4 Å². The standard InChI is InChI=1S/C20H15F2N3O3/c21-14-4-5-15(17(22)9-14)20(27)24-7-6-19(26)28-12-13-11-25-8-2-1-3-18(25)16(13)10-23/h1-5,8-9,11H,6-7,12H2,(H,24,27). The molecule has 0 aliphatic heterocycles. The number of aromatic nitrogens is 1. The minimum absolute atomic E-state index is 0.0721. The third-order valence-corrected chi connectivity index (χ3v) is 4.05. The molecule has 0 saturated carbocycles. The Morgan fingerprint density at radius 1 is 1.21 bits per heavy atom. The van der Waals surface area contributed by atoms with Gasteiger partial charge >= 0.3 is 5.97 Å². The molecule has 8 heteroatoms. The van der Waals surface area contributed by atoms with Crippen LogP contribution in [0.2, 0.25) is 0 Å². The van der Waals surface area contributed by atoms with E-state index in [4.69, 9.17) is 4.74 Å². The number of hydrogen-bond acceptors (Lipinski definition) is 4. The molecule has 2 heterocycles. The third-order valence-electron chi connectivity index (χ3n) is 4.05. The first-order valence-electron chi connectivity index (χ1n) is 8.37. The molecule has 0 atom stereocenters. The number of rotatable bonds is 6. The van der Waals surface area contributed by atoms with E-state index in [9.17, 15) is 23.6 Å². The third kappa shape index (κ3) is 4.15. The normalized spacial score (nSPS) is 10.5. The van der Waals surface area contributed by atoms with Gasteiger partial charge in [-0.2, -0.15) is 5.26 Å². The van der Waals surface area contributed by atoms with Gasteiger partial charge in [0, 0.05) is 30.6 Å². The number of hydrogen-bond donors (Lipinski definition) is 1. The summed E-state index contributed by atoms with van der Waals surface area (Å²) in [4.78, 5) is 23.7. The molecule has 1 amide bonds. The van der Waals surface area contributed by atoms with Crippen LogP contribution in [0.5, 0.6) is 0 Å². The predicted octanol–water partition coefficient (Wildman–Crippen LogP) is 2.95. The van der Waals surface area contributed by atoms with E-state index in [0.717, 1.165) is 12.1 Å². The van der Waals surface area contributed by atoms with E-state index in [1.807, 2.05) is 6.07 Å². The van der Waals surface area contributed by atoms with E-state index >= 15 is 0 Å². The number of benzene rings is 1. The summed E-state index contributed by atoms with van der Waals surface area (Å²) in [5.41, 5.74) is 1.39. The summed E-state index contributed by atoms with van der Waals surface area (Å²) in [6.07, 6.45) is 3.36. The van der Waals surface area contributed by atoms with Gasteiger partial charge in [-0.05, 0) is 24.3 Å². The second-order valence-corrected chi connectivity index (χ2v) is 5.93. The maximum absolute atomic E-state index is 13.5. The van der Waals surface area contributed by atoms with Crippen LogP contribution in [0.1, 0.15) is 27.9 Å². The Morgan fingerprint density at radius 3 is 2.79 bits per heavy atom. The average molecular weight is 383 g/mol. The van der Waals surface area contributed by atoms with Crippen LogP contribution < -0.4 is 5.32 Å². The van der Waals surface area contributed by atoms with Crippen LogP contribution in [-0.2, 0) is 16.1 Å². The summed E-state index contributed by atoms with van der Waals surface area (Å²) in [7, 11) is 0. The molecule has 0 unspecified atom stereocenters. The number of amides is 1. The maximum atomic E-state index is 13.5. The Balaban J connectivity index is 1.51. The summed E-state index contributed by atoms with van der Waals surface area (Å²) in [5, 5.41) is 11.7. The minimum atomic E-state index is -0.982. The van der Waals surface area contributed by atoms with Crippen molar-refractivity contribution in [1.82, 2.24) is 9.72 Å². The molecule has 142 valence electrons. The molecule has 1 N–H and O–H groups in total. The Hall–Kier alpha value is -3.73. The van der Waals surface area contributed by atoms with E-state index < -0.39 is 23.5 Å². The maximum Gasteiger partial charge on any atom is 0.307 e. The number of nitrogens with zero attached hydrogens (tertiary/aromatic N) is 2. The molecule has 6 nitrogen and oxygen atoms in total. The van der Waals surface area contributed by atoms with Gasteiger partial charge in [0.05, 0.1) is 23.1 Å². The van der Waals surface area contributed by atoms with E-state index in [0.29, 0.717) is 22.7 Å². The second kappa shape index (κ2) is 8.31. The van der Waals surface area contributed by atoms with Crippen LogP contribution in [-0.4, -0.2) is 22.8 Å². The van der Waals surface area contributed by atoms with Gasteiger partial charge in [0.2, 0.25) is 0 Å². The van der Waals surface area contributed by atoms with Crippen molar-refractivity contribution in [3.8, 4) is 6.07 Å². The molecular weight excluding hydrogens is 368 g/mol.